The van der Waals surface area contributed by atoms with E-state index in [1.165, 1.54) is 25.2 Å². The standard InChI is InChI=1S/C29H33ClN6O5/c30-20-5-8-23(31-17-20)33-28(38)26-25(34-27(37)18-3-6-21(7-4-18)35-9-1-2-10-35)24-22(41-26)15-19(16-32-24)29(39)36-11-13-40-14-12-36/h5,8,15-18,21H,1-4,6-7,9-14H2,(H,34,37)(H,31,33,38). The summed E-state index contributed by atoms with van der Waals surface area (Å²) in [6, 6.07) is 5.27. The number of halogens is 1. The van der Waals surface area contributed by atoms with Crippen LogP contribution in [0.25, 0.3) is 11.1 Å². The van der Waals surface area contributed by atoms with Gasteiger partial charge in [0, 0.05) is 37.4 Å². The van der Waals surface area contributed by atoms with Gasteiger partial charge in [-0.05, 0) is 69.8 Å². The number of carbonyl (C=O) groups is 3. The maximum absolute atomic E-state index is 13.5. The summed E-state index contributed by atoms with van der Waals surface area (Å²) in [6.07, 6.45) is 8.89. The van der Waals surface area contributed by atoms with Crippen molar-refractivity contribution >= 4 is 51.9 Å². The number of nitrogens with one attached hydrogen (secondary N) is 2. The molecule has 1 saturated carbocycles. The van der Waals surface area contributed by atoms with E-state index in [1.807, 2.05) is 0 Å². The van der Waals surface area contributed by atoms with E-state index in [2.05, 4.69) is 25.5 Å². The molecule has 2 N–H and O–H groups in total. The van der Waals surface area contributed by atoms with Crippen LogP contribution >= 0.6 is 11.6 Å². The summed E-state index contributed by atoms with van der Waals surface area (Å²) in [5.74, 6) is -0.980. The molecule has 2 saturated heterocycles. The summed E-state index contributed by atoms with van der Waals surface area (Å²) in [5, 5.41) is 6.07. The van der Waals surface area contributed by atoms with Gasteiger partial charge in [0.1, 0.15) is 17.0 Å². The van der Waals surface area contributed by atoms with Gasteiger partial charge in [0.15, 0.2) is 5.58 Å². The molecule has 216 valence electrons. The second-order valence-corrected chi connectivity index (χ2v) is 11.3. The second kappa shape index (κ2) is 12.1. The number of hydrogen-bond acceptors (Lipinski definition) is 8. The van der Waals surface area contributed by atoms with Crippen molar-refractivity contribution in [1.82, 2.24) is 19.8 Å². The quantitative estimate of drug-likeness (QED) is 0.444. The van der Waals surface area contributed by atoms with Gasteiger partial charge in [-0.25, -0.2) is 9.97 Å². The lowest BCUT2D eigenvalue weighted by molar-refractivity contribution is -0.121. The first-order valence-corrected chi connectivity index (χ1v) is 14.6. The summed E-state index contributed by atoms with van der Waals surface area (Å²) in [6.45, 7) is 4.20. The Bertz CT molecular complexity index is 1420. The number of likely N-dealkylation sites (tertiary alicyclic amines) is 1. The number of amides is 3. The Balaban J connectivity index is 1.25. The molecule has 0 unspecified atom stereocenters. The number of pyridine rings is 2. The molecule has 12 heteroatoms. The van der Waals surface area contributed by atoms with Crippen LogP contribution in [0.15, 0.2) is 35.0 Å². The molecular weight excluding hydrogens is 548 g/mol. The maximum Gasteiger partial charge on any atom is 0.294 e. The van der Waals surface area contributed by atoms with Crippen molar-refractivity contribution in [2.24, 2.45) is 5.92 Å². The Morgan fingerprint density at radius 1 is 0.927 bits per heavy atom. The van der Waals surface area contributed by atoms with Crippen molar-refractivity contribution in [2.45, 2.75) is 44.6 Å². The normalized spacial score (nSPS) is 21.6. The van der Waals surface area contributed by atoms with Gasteiger partial charge in [0.25, 0.3) is 11.8 Å². The van der Waals surface area contributed by atoms with Crippen molar-refractivity contribution in [2.75, 3.05) is 50.0 Å². The summed E-state index contributed by atoms with van der Waals surface area (Å²) >= 11 is 5.93. The number of fused-ring (bicyclic) bond motifs is 1. The zero-order valence-electron chi connectivity index (χ0n) is 22.7. The lowest BCUT2D eigenvalue weighted by Gasteiger charge is -2.33. The topological polar surface area (TPSA) is 130 Å². The maximum atomic E-state index is 13.5. The van der Waals surface area contributed by atoms with Crippen LogP contribution in [-0.4, -0.2) is 82.9 Å². The third-order valence-electron chi connectivity index (χ3n) is 8.22. The molecule has 3 fully saturated rings. The number of carbonyl (C=O) groups excluding carboxylic acids is 3. The zero-order chi connectivity index (χ0) is 28.3. The van der Waals surface area contributed by atoms with Gasteiger partial charge in [-0.1, -0.05) is 11.6 Å². The highest BCUT2D eigenvalue weighted by molar-refractivity contribution is 6.30. The molecule has 0 spiro atoms. The number of aromatic nitrogens is 2. The van der Waals surface area contributed by atoms with Crippen molar-refractivity contribution in [3.8, 4) is 0 Å². The van der Waals surface area contributed by atoms with E-state index in [0.29, 0.717) is 48.4 Å². The zero-order valence-corrected chi connectivity index (χ0v) is 23.5. The van der Waals surface area contributed by atoms with E-state index in [1.54, 1.807) is 23.1 Å². The molecule has 0 bridgehead atoms. The van der Waals surface area contributed by atoms with Crippen LogP contribution < -0.4 is 10.6 Å². The molecule has 1 aliphatic carbocycles. The highest BCUT2D eigenvalue weighted by atomic mass is 35.5. The first-order valence-electron chi connectivity index (χ1n) is 14.2. The number of furan rings is 1. The van der Waals surface area contributed by atoms with Crippen LogP contribution in [-0.2, 0) is 9.53 Å². The van der Waals surface area contributed by atoms with Crippen LogP contribution in [0.1, 0.15) is 59.4 Å². The summed E-state index contributed by atoms with van der Waals surface area (Å²) in [5.41, 5.74) is 1.05. The summed E-state index contributed by atoms with van der Waals surface area (Å²) < 4.78 is 11.3. The Morgan fingerprint density at radius 2 is 1.68 bits per heavy atom. The van der Waals surface area contributed by atoms with Crippen molar-refractivity contribution in [3.05, 3.63) is 46.9 Å². The van der Waals surface area contributed by atoms with E-state index in [-0.39, 0.29) is 40.6 Å². The smallest absolute Gasteiger partial charge is 0.294 e. The van der Waals surface area contributed by atoms with Crippen molar-refractivity contribution in [3.63, 3.8) is 0 Å². The highest BCUT2D eigenvalue weighted by Gasteiger charge is 2.33. The minimum Gasteiger partial charge on any atom is -0.447 e. The van der Waals surface area contributed by atoms with Gasteiger partial charge < -0.3 is 29.6 Å². The van der Waals surface area contributed by atoms with E-state index in [0.717, 1.165) is 38.8 Å². The summed E-state index contributed by atoms with van der Waals surface area (Å²) in [4.78, 5) is 52.7. The number of morpholine rings is 1. The Labute approximate surface area is 242 Å². The van der Waals surface area contributed by atoms with Crippen LogP contribution in [0.3, 0.4) is 0 Å². The Kier molecular flexibility index (Phi) is 8.18. The van der Waals surface area contributed by atoms with Gasteiger partial charge in [-0.3, -0.25) is 14.4 Å². The molecular formula is C29H33ClN6O5. The van der Waals surface area contributed by atoms with Crippen LogP contribution in [0.5, 0.6) is 0 Å². The average molecular weight is 581 g/mol. The molecule has 5 heterocycles. The molecule has 41 heavy (non-hydrogen) atoms. The fourth-order valence-corrected chi connectivity index (χ4v) is 6.09. The largest absolute Gasteiger partial charge is 0.447 e. The number of anilines is 2. The lowest BCUT2D eigenvalue weighted by atomic mass is 9.85. The number of nitrogens with zero attached hydrogens (tertiary/aromatic N) is 4. The SMILES string of the molecule is O=C(Nc1ccc(Cl)cn1)c1oc2cc(C(=O)N3CCOCC3)cnc2c1NC(=O)C1CCC(N2CCCC2)CC1. The number of hydrogen-bond donors (Lipinski definition) is 2. The van der Waals surface area contributed by atoms with E-state index < -0.39 is 5.91 Å². The molecule has 0 aromatic carbocycles. The van der Waals surface area contributed by atoms with Gasteiger partial charge in [-0.15, -0.1) is 0 Å². The molecule has 3 aromatic heterocycles. The van der Waals surface area contributed by atoms with Gasteiger partial charge in [-0.2, -0.15) is 0 Å². The molecule has 0 atom stereocenters. The molecule has 0 radical (unpaired) electrons. The third kappa shape index (κ3) is 6.07. The second-order valence-electron chi connectivity index (χ2n) is 10.8. The van der Waals surface area contributed by atoms with Crippen molar-refractivity contribution in [1.29, 1.82) is 0 Å². The minimum absolute atomic E-state index is 0.112. The number of rotatable bonds is 6. The molecule has 3 aromatic rings. The fourth-order valence-electron chi connectivity index (χ4n) is 5.98. The van der Waals surface area contributed by atoms with Gasteiger partial charge >= 0.3 is 0 Å². The van der Waals surface area contributed by atoms with E-state index >= 15 is 0 Å². The van der Waals surface area contributed by atoms with E-state index in [4.69, 9.17) is 20.8 Å². The molecule has 3 aliphatic rings. The summed E-state index contributed by atoms with van der Waals surface area (Å²) in [7, 11) is 0. The first-order chi connectivity index (χ1) is 20.0. The van der Waals surface area contributed by atoms with Crippen molar-refractivity contribution < 1.29 is 23.5 Å². The van der Waals surface area contributed by atoms with Gasteiger partial charge in [0.2, 0.25) is 11.7 Å². The molecule has 6 rings (SSSR count). The van der Waals surface area contributed by atoms with E-state index in [9.17, 15) is 14.4 Å². The molecule has 3 amide bonds. The number of ether oxygens (including phenoxy) is 1. The van der Waals surface area contributed by atoms with Gasteiger partial charge in [0.05, 0.1) is 23.8 Å². The Hall–Kier alpha value is -3.54. The third-order valence-corrected chi connectivity index (χ3v) is 8.45. The lowest BCUT2D eigenvalue weighted by Crippen LogP contribution is -2.40. The predicted molar refractivity (Wildman–Crippen MR) is 153 cm³/mol. The van der Waals surface area contributed by atoms with Crippen LogP contribution in [0, 0.1) is 5.92 Å². The van der Waals surface area contributed by atoms with Crippen LogP contribution in [0.4, 0.5) is 11.5 Å². The van der Waals surface area contributed by atoms with Crippen LogP contribution in [0.2, 0.25) is 5.02 Å². The molecule has 11 nitrogen and oxygen atoms in total. The fraction of sp³-hybridized carbons (Fsp3) is 0.483. The Morgan fingerprint density at radius 3 is 2.39 bits per heavy atom. The monoisotopic (exact) mass is 580 g/mol. The average Bonchev–Trinajstić information content (AvgIpc) is 3.67. The first kappa shape index (κ1) is 27.6. The molecule has 2 aliphatic heterocycles. The minimum atomic E-state index is -0.605. The highest BCUT2D eigenvalue weighted by Crippen LogP contribution is 2.34. The predicted octanol–water partition coefficient (Wildman–Crippen LogP) is 4.19.